The van der Waals surface area contributed by atoms with Crippen molar-refractivity contribution in [2.45, 2.75) is 19.0 Å². The third-order valence-electron chi connectivity index (χ3n) is 4.24. The maximum Gasteiger partial charge on any atom is 0.125 e. The smallest absolute Gasteiger partial charge is 0.125 e. The lowest BCUT2D eigenvalue weighted by atomic mass is 10.1. The number of benzene rings is 2. The zero-order valence-electron chi connectivity index (χ0n) is 13.3. The maximum atomic E-state index is 13.1. The lowest BCUT2D eigenvalue weighted by molar-refractivity contribution is 0.189. The first-order chi connectivity index (χ1) is 11.3. The quantitative estimate of drug-likeness (QED) is 0.858. The van der Waals surface area contributed by atoms with Gasteiger partial charge in [0.1, 0.15) is 5.82 Å². The minimum atomic E-state index is -0.195. The van der Waals surface area contributed by atoms with Gasteiger partial charge in [0.2, 0.25) is 0 Å². The van der Waals surface area contributed by atoms with Gasteiger partial charge in [-0.2, -0.15) is 0 Å². The van der Waals surface area contributed by atoms with Crippen LogP contribution in [0.4, 0.5) is 10.1 Å². The lowest BCUT2D eigenvalue weighted by Gasteiger charge is -2.34. The Morgan fingerprint density at radius 1 is 1.13 bits per heavy atom. The largest absolute Gasteiger partial charge is 0.385 e. The number of halogens is 1. The highest BCUT2D eigenvalue weighted by molar-refractivity contribution is 5.42. The molecular formula is C19H24FN3. The predicted octanol–water partition coefficient (Wildman–Crippen LogP) is 3.10. The second-order valence-corrected chi connectivity index (χ2v) is 6.10. The minimum absolute atomic E-state index is 0.195. The Labute approximate surface area is 137 Å². The van der Waals surface area contributed by atoms with Crippen molar-refractivity contribution in [2.75, 3.05) is 31.5 Å². The molecule has 1 aliphatic heterocycles. The molecule has 0 saturated carbocycles. The third kappa shape index (κ3) is 5.05. The summed E-state index contributed by atoms with van der Waals surface area (Å²) < 4.78 is 13.1. The van der Waals surface area contributed by atoms with E-state index in [9.17, 15) is 4.39 Å². The number of piperazine rings is 1. The van der Waals surface area contributed by atoms with Gasteiger partial charge in [-0.05, 0) is 30.2 Å². The molecule has 0 radical (unpaired) electrons. The van der Waals surface area contributed by atoms with E-state index in [1.165, 1.54) is 17.7 Å². The van der Waals surface area contributed by atoms with E-state index in [0.29, 0.717) is 6.04 Å². The van der Waals surface area contributed by atoms with Gasteiger partial charge in [0.05, 0.1) is 0 Å². The van der Waals surface area contributed by atoms with Crippen LogP contribution in [0, 0.1) is 5.82 Å². The number of nitrogens with zero attached hydrogens (tertiary/aromatic N) is 1. The van der Waals surface area contributed by atoms with Gasteiger partial charge in [-0.25, -0.2) is 4.39 Å². The fourth-order valence-electron chi connectivity index (χ4n) is 3.06. The third-order valence-corrected chi connectivity index (χ3v) is 4.24. The molecule has 1 saturated heterocycles. The molecule has 1 heterocycles. The normalized spacial score (nSPS) is 18.7. The first kappa shape index (κ1) is 16.0. The molecule has 0 aliphatic carbocycles. The summed E-state index contributed by atoms with van der Waals surface area (Å²) in [5, 5.41) is 6.88. The van der Waals surface area contributed by atoms with E-state index in [1.54, 1.807) is 6.07 Å². The van der Waals surface area contributed by atoms with Crippen LogP contribution in [0.5, 0.6) is 0 Å². The molecule has 2 aromatic rings. The molecule has 1 aliphatic rings. The minimum Gasteiger partial charge on any atom is -0.385 e. The molecule has 1 atom stereocenters. The van der Waals surface area contributed by atoms with Crippen molar-refractivity contribution in [1.29, 1.82) is 0 Å². The monoisotopic (exact) mass is 313 g/mol. The highest BCUT2D eigenvalue weighted by Gasteiger charge is 2.18. The van der Waals surface area contributed by atoms with Crippen LogP contribution in [0.3, 0.4) is 0 Å². The molecule has 0 spiro atoms. The number of anilines is 1. The summed E-state index contributed by atoms with van der Waals surface area (Å²) in [6, 6.07) is 17.7. The molecule has 4 heteroatoms. The molecule has 1 fully saturated rings. The average molecular weight is 313 g/mol. The maximum absolute atomic E-state index is 13.1. The Bertz CT molecular complexity index is 603. The highest BCUT2D eigenvalue weighted by atomic mass is 19.1. The van der Waals surface area contributed by atoms with Gasteiger partial charge in [-0.15, -0.1) is 0 Å². The van der Waals surface area contributed by atoms with Crippen LogP contribution in [-0.4, -0.2) is 37.1 Å². The van der Waals surface area contributed by atoms with E-state index in [-0.39, 0.29) is 5.82 Å². The zero-order chi connectivity index (χ0) is 15.9. The number of rotatable bonds is 6. The van der Waals surface area contributed by atoms with E-state index < -0.39 is 0 Å². The molecule has 0 unspecified atom stereocenters. The van der Waals surface area contributed by atoms with Gasteiger partial charge in [0, 0.05) is 44.5 Å². The predicted molar refractivity (Wildman–Crippen MR) is 93.0 cm³/mol. The summed E-state index contributed by atoms with van der Waals surface area (Å²) in [7, 11) is 0. The van der Waals surface area contributed by atoms with Crippen LogP contribution >= 0.6 is 0 Å². The van der Waals surface area contributed by atoms with Gasteiger partial charge in [0.25, 0.3) is 0 Å². The molecule has 3 rings (SSSR count). The van der Waals surface area contributed by atoms with Crippen molar-refractivity contribution in [3.63, 3.8) is 0 Å². The fourth-order valence-corrected chi connectivity index (χ4v) is 3.06. The second kappa shape index (κ2) is 8.09. The first-order valence-corrected chi connectivity index (χ1v) is 8.29. The SMILES string of the molecule is Fc1cccc(NCC[C@@H]2CN(Cc3ccccc3)CCN2)c1. The van der Waals surface area contributed by atoms with Gasteiger partial charge in [-0.3, -0.25) is 4.90 Å². The first-order valence-electron chi connectivity index (χ1n) is 8.29. The Hall–Kier alpha value is -1.91. The van der Waals surface area contributed by atoms with Crippen LogP contribution in [-0.2, 0) is 6.54 Å². The molecule has 0 bridgehead atoms. The highest BCUT2D eigenvalue weighted by Crippen LogP contribution is 2.11. The Kier molecular flexibility index (Phi) is 5.61. The summed E-state index contributed by atoms with van der Waals surface area (Å²) in [5.74, 6) is -0.195. The van der Waals surface area contributed by atoms with Crippen LogP contribution in [0.15, 0.2) is 54.6 Å². The summed E-state index contributed by atoms with van der Waals surface area (Å²) in [6.45, 7) is 5.02. The average Bonchev–Trinajstić information content (AvgIpc) is 2.56. The van der Waals surface area contributed by atoms with Gasteiger partial charge in [-0.1, -0.05) is 36.4 Å². The summed E-state index contributed by atoms with van der Waals surface area (Å²) in [5.41, 5.74) is 2.22. The van der Waals surface area contributed by atoms with Crippen LogP contribution in [0.1, 0.15) is 12.0 Å². The van der Waals surface area contributed by atoms with Crippen molar-refractivity contribution in [2.24, 2.45) is 0 Å². The van der Waals surface area contributed by atoms with Crippen LogP contribution in [0.2, 0.25) is 0 Å². The molecule has 23 heavy (non-hydrogen) atoms. The van der Waals surface area contributed by atoms with Crippen molar-refractivity contribution >= 4 is 5.69 Å². The summed E-state index contributed by atoms with van der Waals surface area (Å²) in [6.07, 6.45) is 1.03. The van der Waals surface area contributed by atoms with E-state index in [1.807, 2.05) is 6.07 Å². The summed E-state index contributed by atoms with van der Waals surface area (Å²) >= 11 is 0. The molecule has 0 amide bonds. The van der Waals surface area contributed by atoms with E-state index in [2.05, 4.69) is 45.9 Å². The number of hydrogen-bond donors (Lipinski definition) is 2. The van der Waals surface area contributed by atoms with Gasteiger partial charge < -0.3 is 10.6 Å². The molecule has 122 valence electrons. The van der Waals surface area contributed by atoms with Crippen molar-refractivity contribution in [3.8, 4) is 0 Å². The van der Waals surface area contributed by atoms with Crippen molar-refractivity contribution < 1.29 is 4.39 Å². The van der Waals surface area contributed by atoms with E-state index in [4.69, 9.17) is 0 Å². The molecule has 3 nitrogen and oxygen atoms in total. The zero-order valence-corrected chi connectivity index (χ0v) is 13.3. The summed E-state index contributed by atoms with van der Waals surface area (Å²) in [4.78, 5) is 2.50. The second-order valence-electron chi connectivity index (χ2n) is 6.10. The Morgan fingerprint density at radius 3 is 2.83 bits per heavy atom. The van der Waals surface area contributed by atoms with Crippen molar-refractivity contribution in [1.82, 2.24) is 10.2 Å². The van der Waals surface area contributed by atoms with Crippen molar-refractivity contribution in [3.05, 3.63) is 66.0 Å². The Morgan fingerprint density at radius 2 is 2.00 bits per heavy atom. The van der Waals surface area contributed by atoms with Gasteiger partial charge in [0.15, 0.2) is 0 Å². The van der Waals surface area contributed by atoms with E-state index in [0.717, 1.165) is 44.8 Å². The topological polar surface area (TPSA) is 27.3 Å². The lowest BCUT2D eigenvalue weighted by Crippen LogP contribution is -2.50. The van der Waals surface area contributed by atoms with Gasteiger partial charge >= 0.3 is 0 Å². The molecule has 2 aromatic carbocycles. The fraction of sp³-hybridized carbons (Fsp3) is 0.368. The number of hydrogen-bond acceptors (Lipinski definition) is 3. The Balaban J connectivity index is 1.43. The molecule has 2 N–H and O–H groups in total. The van der Waals surface area contributed by atoms with Crippen LogP contribution < -0.4 is 10.6 Å². The number of nitrogens with one attached hydrogen (secondary N) is 2. The standard InChI is InChI=1S/C19H24FN3/c20-17-7-4-8-18(13-17)21-10-9-19-15-23(12-11-22-19)14-16-5-2-1-3-6-16/h1-8,13,19,21-22H,9-12,14-15H2/t19-/m1/s1. The molecular weight excluding hydrogens is 289 g/mol. The van der Waals surface area contributed by atoms with E-state index >= 15 is 0 Å². The molecule has 0 aromatic heterocycles. The van der Waals surface area contributed by atoms with Crippen LogP contribution in [0.25, 0.3) is 0 Å².